The number of hydrogen-bond acceptors (Lipinski definition) is 5. The summed E-state index contributed by atoms with van der Waals surface area (Å²) in [4.78, 5) is 24.2. The van der Waals surface area contributed by atoms with Crippen LogP contribution in [0, 0.1) is 0 Å². The second-order valence-electron chi connectivity index (χ2n) is 5.69. The van der Waals surface area contributed by atoms with Crippen molar-refractivity contribution in [3.05, 3.63) is 65.7 Å². The van der Waals surface area contributed by atoms with E-state index in [0.29, 0.717) is 31.1 Å². The van der Waals surface area contributed by atoms with Crippen LogP contribution >= 0.6 is 12.2 Å². The van der Waals surface area contributed by atoms with Gasteiger partial charge in [0.05, 0.1) is 13.0 Å². The number of hydrogen-bond donors (Lipinski definition) is 3. The number of rotatable bonds is 8. The van der Waals surface area contributed by atoms with E-state index < -0.39 is 5.91 Å². The summed E-state index contributed by atoms with van der Waals surface area (Å²) in [7, 11) is 0. The second kappa shape index (κ2) is 11.7. The molecule has 7 nitrogen and oxygen atoms in total. The summed E-state index contributed by atoms with van der Waals surface area (Å²) in [5.41, 5.74) is 6.23. The Morgan fingerprint density at radius 1 is 1.00 bits per heavy atom. The van der Waals surface area contributed by atoms with Crippen LogP contribution in [0.2, 0.25) is 0 Å². The molecule has 0 aliphatic carbocycles. The average molecular weight is 401 g/mol. The van der Waals surface area contributed by atoms with Gasteiger partial charge in [-0.1, -0.05) is 36.4 Å². The van der Waals surface area contributed by atoms with Crippen LogP contribution in [0.3, 0.4) is 0 Å². The van der Waals surface area contributed by atoms with Crippen molar-refractivity contribution >= 4 is 29.1 Å². The molecule has 0 fully saturated rings. The van der Waals surface area contributed by atoms with Crippen molar-refractivity contribution in [1.82, 2.24) is 16.2 Å². The Kier molecular flexibility index (Phi) is 8.90. The van der Waals surface area contributed by atoms with Crippen molar-refractivity contribution in [1.29, 1.82) is 0 Å². The molecule has 3 N–H and O–H groups in total. The third kappa shape index (κ3) is 7.73. The van der Waals surface area contributed by atoms with Gasteiger partial charge in [0.2, 0.25) is 5.91 Å². The molecule has 0 saturated carbocycles. The molecule has 0 aromatic heterocycles. The molecule has 0 spiro atoms. The summed E-state index contributed by atoms with van der Waals surface area (Å²) in [5, 5.41) is 2.50. The molecule has 8 heteroatoms. The van der Waals surface area contributed by atoms with Crippen LogP contribution in [0.4, 0.5) is 0 Å². The van der Waals surface area contributed by atoms with Gasteiger partial charge in [-0.15, -0.1) is 0 Å². The van der Waals surface area contributed by atoms with E-state index >= 15 is 0 Å². The number of hydrazine groups is 1. The number of nitrogens with one attached hydrogen (secondary N) is 3. The van der Waals surface area contributed by atoms with Gasteiger partial charge in [0.1, 0.15) is 12.4 Å². The van der Waals surface area contributed by atoms with E-state index in [0.717, 1.165) is 5.56 Å². The number of carbonyl (C=O) groups excluding carboxylic acids is 2. The SMILES string of the molecule is CCOCCOc1cccc(C(=O)NC(=S)NNC(=O)Cc2ccccc2)c1. The van der Waals surface area contributed by atoms with Crippen molar-refractivity contribution in [2.24, 2.45) is 0 Å². The van der Waals surface area contributed by atoms with E-state index in [4.69, 9.17) is 21.7 Å². The lowest BCUT2D eigenvalue weighted by Gasteiger charge is -2.12. The summed E-state index contributed by atoms with van der Waals surface area (Å²) in [6.07, 6.45) is 0.200. The molecule has 2 aromatic carbocycles. The van der Waals surface area contributed by atoms with Crippen LogP contribution in [0.5, 0.6) is 5.75 Å². The van der Waals surface area contributed by atoms with Gasteiger partial charge in [0.15, 0.2) is 5.11 Å². The molecule has 0 aliphatic heterocycles. The Morgan fingerprint density at radius 2 is 1.79 bits per heavy atom. The zero-order chi connectivity index (χ0) is 20.2. The maximum atomic E-state index is 12.3. The van der Waals surface area contributed by atoms with E-state index in [1.807, 2.05) is 37.3 Å². The molecule has 148 valence electrons. The monoisotopic (exact) mass is 401 g/mol. The molecule has 0 unspecified atom stereocenters. The standard InChI is InChI=1S/C20H23N3O4S/c1-2-26-11-12-27-17-10-6-9-16(14-17)19(25)21-20(28)23-22-18(24)13-15-7-4-3-5-8-15/h3-10,14H,2,11-13H2,1H3,(H,22,24)(H2,21,23,25,28). The predicted octanol–water partition coefficient (Wildman–Crippen LogP) is 1.98. The van der Waals surface area contributed by atoms with E-state index in [1.165, 1.54) is 0 Å². The highest BCUT2D eigenvalue weighted by Gasteiger charge is 2.10. The zero-order valence-electron chi connectivity index (χ0n) is 15.6. The van der Waals surface area contributed by atoms with Crippen molar-refractivity contribution in [2.75, 3.05) is 19.8 Å². The lowest BCUT2D eigenvalue weighted by molar-refractivity contribution is -0.121. The van der Waals surface area contributed by atoms with E-state index in [1.54, 1.807) is 24.3 Å². The van der Waals surface area contributed by atoms with Crippen LogP contribution in [-0.2, 0) is 16.0 Å². The Hall–Kier alpha value is -2.97. The van der Waals surface area contributed by atoms with Crippen LogP contribution in [-0.4, -0.2) is 36.7 Å². The fourth-order valence-corrected chi connectivity index (χ4v) is 2.39. The number of ether oxygens (including phenoxy) is 2. The molecule has 0 atom stereocenters. The Bertz CT molecular complexity index is 799. The van der Waals surface area contributed by atoms with E-state index in [-0.39, 0.29) is 17.4 Å². The van der Waals surface area contributed by atoms with Crippen LogP contribution < -0.4 is 20.9 Å². The molecular formula is C20H23N3O4S. The topological polar surface area (TPSA) is 88.7 Å². The molecule has 2 amide bonds. The number of thiocarbonyl (C=S) groups is 1. The molecule has 0 heterocycles. The van der Waals surface area contributed by atoms with Crippen LogP contribution in [0.1, 0.15) is 22.8 Å². The smallest absolute Gasteiger partial charge is 0.257 e. The quantitative estimate of drug-likeness (QED) is 0.356. The summed E-state index contributed by atoms with van der Waals surface area (Å²) in [5.74, 6) is -0.125. The van der Waals surface area contributed by atoms with Gasteiger partial charge in [0.25, 0.3) is 5.91 Å². The first-order valence-electron chi connectivity index (χ1n) is 8.83. The minimum absolute atomic E-state index is 0.00548. The summed E-state index contributed by atoms with van der Waals surface area (Å²) in [6, 6.07) is 16.0. The van der Waals surface area contributed by atoms with E-state index in [2.05, 4.69) is 16.2 Å². The Labute approximate surface area is 169 Å². The Balaban J connectivity index is 1.77. The van der Waals surface area contributed by atoms with Crippen molar-refractivity contribution in [3.63, 3.8) is 0 Å². The molecule has 2 aromatic rings. The second-order valence-corrected chi connectivity index (χ2v) is 6.10. The summed E-state index contributed by atoms with van der Waals surface area (Å²) in [6.45, 7) is 3.40. The number of amides is 2. The van der Waals surface area contributed by atoms with Gasteiger partial charge < -0.3 is 9.47 Å². The molecule has 2 rings (SSSR count). The summed E-state index contributed by atoms with van der Waals surface area (Å²) >= 11 is 5.04. The van der Waals surface area contributed by atoms with Crippen molar-refractivity contribution in [3.8, 4) is 5.75 Å². The zero-order valence-corrected chi connectivity index (χ0v) is 16.4. The first kappa shape index (κ1) is 21.3. The molecule has 0 aliphatic rings. The third-order valence-electron chi connectivity index (χ3n) is 3.55. The lowest BCUT2D eigenvalue weighted by Crippen LogP contribution is -2.48. The fraction of sp³-hybridized carbons (Fsp3) is 0.250. The van der Waals surface area contributed by atoms with Crippen LogP contribution in [0.15, 0.2) is 54.6 Å². The first-order chi connectivity index (χ1) is 13.6. The number of carbonyl (C=O) groups is 2. The fourth-order valence-electron chi connectivity index (χ4n) is 2.25. The minimum Gasteiger partial charge on any atom is -0.491 e. The summed E-state index contributed by atoms with van der Waals surface area (Å²) < 4.78 is 10.7. The van der Waals surface area contributed by atoms with Gasteiger partial charge in [-0.05, 0) is 42.9 Å². The molecule has 0 saturated heterocycles. The molecular weight excluding hydrogens is 378 g/mol. The highest BCUT2D eigenvalue weighted by Crippen LogP contribution is 2.13. The Morgan fingerprint density at radius 3 is 2.54 bits per heavy atom. The molecule has 0 radical (unpaired) electrons. The van der Waals surface area contributed by atoms with Gasteiger partial charge in [-0.25, -0.2) is 0 Å². The first-order valence-corrected chi connectivity index (χ1v) is 9.24. The average Bonchev–Trinajstić information content (AvgIpc) is 2.71. The highest BCUT2D eigenvalue weighted by molar-refractivity contribution is 7.80. The van der Waals surface area contributed by atoms with Crippen molar-refractivity contribution in [2.45, 2.75) is 13.3 Å². The van der Waals surface area contributed by atoms with Gasteiger partial charge in [-0.3, -0.25) is 25.8 Å². The van der Waals surface area contributed by atoms with Crippen molar-refractivity contribution < 1.29 is 19.1 Å². The maximum absolute atomic E-state index is 12.3. The molecule has 28 heavy (non-hydrogen) atoms. The minimum atomic E-state index is -0.412. The lowest BCUT2D eigenvalue weighted by atomic mass is 10.1. The maximum Gasteiger partial charge on any atom is 0.257 e. The van der Waals surface area contributed by atoms with Gasteiger partial charge in [0, 0.05) is 12.2 Å². The van der Waals surface area contributed by atoms with Gasteiger partial charge >= 0.3 is 0 Å². The van der Waals surface area contributed by atoms with E-state index in [9.17, 15) is 9.59 Å². The van der Waals surface area contributed by atoms with Gasteiger partial charge in [-0.2, -0.15) is 0 Å². The molecule has 0 bridgehead atoms. The normalized spacial score (nSPS) is 10.0. The predicted molar refractivity (Wildman–Crippen MR) is 110 cm³/mol. The van der Waals surface area contributed by atoms with Crippen LogP contribution in [0.25, 0.3) is 0 Å². The third-order valence-corrected chi connectivity index (χ3v) is 3.75. The largest absolute Gasteiger partial charge is 0.491 e. The highest BCUT2D eigenvalue weighted by atomic mass is 32.1. The number of benzene rings is 2.